The van der Waals surface area contributed by atoms with Crippen LogP contribution in [0.2, 0.25) is 0 Å². The van der Waals surface area contributed by atoms with E-state index in [1.807, 2.05) is 0 Å². The summed E-state index contributed by atoms with van der Waals surface area (Å²) in [5.41, 5.74) is 7.55. The molecule has 19 heteroatoms. The molecule has 6 heterocycles. The quantitative estimate of drug-likeness (QED) is 0.123. The van der Waals surface area contributed by atoms with Crippen LogP contribution in [0, 0.1) is 42.3 Å². The van der Waals surface area contributed by atoms with Crippen LogP contribution in [0.1, 0.15) is 103 Å². The third-order valence-electron chi connectivity index (χ3n) is 16.3. The van der Waals surface area contributed by atoms with E-state index in [0.29, 0.717) is 70.1 Å². The predicted octanol–water partition coefficient (Wildman–Crippen LogP) is 5.70. The molecular weight excluding hydrogens is 990 g/mol. The standard InChI is InChI=1S/C58H76FN7O11/c1-31(2)30-64-25-21-58(22-26-64)62-46-42-43-51(71)37(8)53-44(42)55(73)57(9,77-53)75-29-20-32(3)45(60)54(76-41(68)19-18-40(67)66-24-11-23-65(27-28-66)39-16-14-38(59)15-17-39)36(7)50(70)35(6)49(69)33(4)12-10-13-34(5)56(74)61-48(52(43)72)47(46)63-58/h10,12-17,20,29,31-33,35-36,45,49-50,54,62,69-72H,11,18-19,21-28,30,60H2,1-9H3/b12-10+,29-20+,34-13-,61-48?/t32?,33?,35-,36-,45?,49+,50?,54?,57?/m1/s1. The van der Waals surface area contributed by atoms with Gasteiger partial charge in [0.1, 0.15) is 39.8 Å². The van der Waals surface area contributed by atoms with E-state index in [1.165, 1.54) is 31.4 Å². The Hall–Kier alpha value is -6.41. The number of ketones is 1. The first kappa shape index (κ1) is 56.8. The number of anilines is 2. The fourth-order valence-electron chi connectivity index (χ4n) is 11.4. The fourth-order valence-corrected chi connectivity index (χ4v) is 11.4. The zero-order chi connectivity index (χ0) is 55.8. The van der Waals surface area contributed by atoms with Gasteiger partial charge in [0.25, 0.3) is 11.7 Å². The molecular formula is C58H76FN7O11. The SMILES string of the molecule is C/C1=C/C=C/C(C)[C@H](O)[C@@H](C)C(O)[C@@H](C)C(OC(=O)CCC(=O)N2CCCN(c3ccc(F)cc3)CC2)C(N)C(C)/C=C/OC2(C)Oc3c(C)c(O)c4c(O)c(c5c(c4c3C2=O)NC2(CCN(CC(C)C)CC2)N=5)=NC1=O. The number of nitrogens with zero attached hydrogens (tertiary/aromatic N) is 5. The van der Waals surface area contributed by atoms with Crippen LogP contribution in [0.15, 0.2) is 70.4 Å². The van der Waals surface area contributed by atoms with Crippen molar-refractivity contribution in [1.82, 2.24) is 9.80 Å². The summed E-state index contributed by atoms with van der Waals surface area (Å²) in [7, 11) is 0. The van der Waals surface area contributed by atoms with Crippen LogP contribution in [0.4, 0.5) is 15.8 Å². The van der Waals surface area contributed by atoms with Crippen LogP contribution < -0.4 is 31.4 Å². The molecule has 2 saturated heterocycles. The van der Waals surface area contributed by atoms with E-state index < -0.39 is 88.6 Å². The molecule has 3 aromatic rings. The summed E-state index contributed by atoms with van der Waals surface area (Å²) < 4.78 is 32.2. The number of carbonyl (C=O) groups excluding carboxylic acids is 4. The Bertz CT molecular complexity index is 2990. The Kier molecular flexibility index (Phi) is 16.9. The van der Waals surface area contributed by atoms with E-state index >= 15 is 0 Å². The maximum Gasteiger partial charge on any atom is 0.312 e. The Balaban J connectivity index is 1.11. The van der Waals surface area contributed by atoms with Gasteiger partial charge in [0.15, 0.2) is 5.75 Å². The normalized spacial score (nSPS) is 29.7. The lowest BCUT2D eigenvalue weighted by atomic mass is 9.79. The van der Waals surface area contributed by atoms with Gasteiger partial charge >= 0.3 is 11.8 Å². The minimum Gasteiger partial charge on any atom is -0.507 e. The van der Waals surface area contributed by atoms with Crippen molar-refractivity contribution in [2.45, 2.75) is 130 Å². The second kappa shape index (κ2) is 22.9. The number of hydrogen-bond acceptors (Lipinski definition) is 16. The number of esters is 1. The molecule has 6 aliphatic rings. The van der Waals surface area contributed by atoms with Crippen molar-refractivity contribution in [3.05, 3.63) is 88.1 Å². The number of aliphatic hydroxyl groups excluding tert-OH is 2. The van der Waals surface area contributed by atoms with Gasteiger partial charge in [-0.1, -0.05) is 59.8 Å². The third-order valence-corrected chi connectivity index (χ3v) is 16.3. The summed E-state index contributed by atoms with van der Waals surface area (Å²) >= 11 is 0. The number of phenolic OH excluding ortho intramolecular Hbond substituents is 2. The minimum atomic E-state index is -2.01. The molecule has 416 valence electrons. The maximum atomic E-state index is 14.9. The number of benzene rings is 3. The second-order valence-corrected chi connectivity index (χ2v) is 22.4. The summed E-state index contributed by atoms with van der Waals surface area (Å²) in [4.78, 5) is 72.0. The molecule has 18 nitrogen and oxygen atoms in total. The number of likely N-dealkylation sites (tertiary alicyclic amines) is 1. The lowest BCUT2D eigenvalue weighted by molar-refractivity contribution is -0.159. The lowest BCUT2D eigenvalue weighted by Crippen LogP contribution is -2.51. The highest BCUT2D eigenvalue weighted by Crippen LogP contribution is 2.51. The largest absolute Gasteiger partial charge is 0.507 e. The van der Waals surface area contributed by atoms with Crippen molar-refractivity contribution < 1.29 is 58.2 Å². The van der Waals surface area contributed by atoms with E-state index in [9.17, 15) is 44.0 Å². The van der Waals surface area contributed by atoms with Crippen molar-refractivity contribution in [2.24, 2.45) is 45.3 Å². The first-order chi connectivity index (χ1) is 36.4. The summed E-state index contributed by atoms with van der Waals surface area (Å²) in [5.74, 6) is -8.00. The Morgan fingerprint density at radius 1 is 0.896 bits per heavy atom. The van der Waals surface area contributed by atoms with Gasteiger partial charge in [-0.25, -0.2) is 9.38 Å². The molecule has 0 radical (unpaired) electrons. The van der Waals surface area contributed by atoms with E-state index in [-0.39, 0.29) is 68.5 Å². The van der Waals surface area contributed by atoms with Crippen molar-refractivity contribution >= 4 is 45.7 Å². The van der Waals surface area contributed by atoms with Crippen LogP contribution in [0.5, 0.6) is 17.2 Å². The molecule has 9 atom stereocenters. The molecule has 5 bridgehead atoms. The smallest absolute Gasteiger partial charge is 0.312 e. The maximum absolute atomic E-state index is 14.9. The highest BCUT2D eigenvalue weighted by atomic mass is 19.1. The van der Waals surface area contributed by atoms with Crippen LogP contribution in [0.25, 0.3) is 10.8 Å². The van der Waals surface area contributed by atoms with Crippen molar-refractivity contribution in [3.8, 4) is 17.2 Å². The summed E-state index contributed by atoms with van der Waals surface area (Å²) in [6.07, 6.45) is 5.44. The second-order valence-electron chi connectivity index (χ2n) is 22.4. The first-order valence-corrected chi connectivity index (χ1v) is 27.0. The number of nitrogens with two attached hydrogens (primary N) is 1. The molecule has 6 aliphatic heterocycles. The van der Waals surface area contributed by atoms with Crippen LogP contribution in [-0.2, 0) is 23.9 Å². The first-order valence-electron chi connectivity index (χ1n) is 27.0. The van der Waals surface area contributed by atoms with E-state index in [4.69, 9.17) is 24.9 Å². The van der Waals surface area contributed by atoms with E-state index in [0.717, 1.165) is 12.2 Å². The van der Waals surface area contributed by atoms with E-state index in [2.05, 4.69) is 34.0 Å². The average molecular weight is 1070 g/mol. The summed E-state index contributed by atoms with van der Waals surface area (Å²) in [5, 5.41) is 51.3. The van der Waals surface area contributed by atoms with Gasteiger partial charge in [0, 0.05) is 118 Å². The number of aliphatic hydroxyl groups is 2. The topological polar surface area (TPSA) is 249 Å². The van der Waals surface area contributed by atoms with Gasteiger partial charge < -0.3 is 60.4 Å². The Morgan fingerprint density at radius 3 is 2.29 bits per heavy atom. The van der Waals surface area contributed by atoms with Gasteiger partial charge in [0.05, 0.1) is 41.5 Å². The van der Waals surface area contributed by atoms with E-state index in [1.54, 1.807) is 76.8 Å². The molecule has 3 aromatic carbocycles. The number of amides is 2. The van der Waals surface area contributed by atoms with Crippen molar-refractivity contribution in [2.75, 3.05) is 56.0 Å². The molecule has 9 rings (SSSR count). The number of piperidine rings is 1. The number of allylic oxidation sites excluding steroid dienone is 2. The molecule has 7 N–H and O–H groups in total. The molecule has 2 amide bonds. The number of halogens is 1. The number of ether oxygens (including phenoxy) is 3. The minimum absolute atomic E-state index is 0.0227. The number of carbonyl (C=O) groups is 4. The van der Waals surface area contributed by atoms with Crippen LogP contribution in [0.3, 0.4) is 0 Å². The number of rotatable bonds is 7. The van der Waals surface area contributed by atoms with Crippen LogP contribution in [-0.4, -0.2) is 135 Å². The molecule has 2 fully saturated rings. The van der Waals surface area contributed by atoms with Crippen molar-refractivity contribution in [3.63, 3.8) is 0 Å². The van der Waals surface area contributed by atoms with Gasteiger partial charge in [-0.15, -0.1) is 0 Å². The van der Waals surface area contributed by atoms with Gasteiger partial charge in [-0.2, -0.15) is 0 Å². The summed E-state index contributed by atoms with van der Waals surface area (Å²) in [6, 6.07) is 5.21. The monoisotopic (exact) mass is 1070 g/mol. The highest BCUT2D eigenvalue weighted by molar-refractivity contribution is 6.21. The molecule has 6 unspecified atom stereocenters. The number of fused-ring (bicyclic) bond motifs is 13. The summed E-state index contributed by atoms with van der Waals surface area (Å²) in [6.45, 7) is 20.0. The van der Waals surface area contributed by atoms with Gasteiger partial charge in [-0.05, 0) is 62.4 Å². The number of nitrogens with one attached hydrogen (secondary N) is 1. The molecule has 0 aliphatic carbocycles. The predicted molar refractivity (Wildman–Crippen MR) is 288 cm³/mol. The number of Topliss-reactive ketones (excluding diaryl/α,β-unsaturated/α-hetero) is 1. The number of hydrogen-bond donors (Lipinski definition) is 6. The molecule has 0 saturated carbocycles. The van der Waals surface area contributed by atoms with Crippen molar-refractivity contribution in [1.29, 1.82) is 0 Å². The Morgan fingerprint density at radius 2 is 1.60 bits per heavy atom. The van der Waals surface area contributed by atoms with Gasteiger partial charge in [-0.3, -0.25) is 24.2 Å². The van der Waals surface area contributed by atoms with Gasteiger partial charge in [0.2, 0.25) is 5.91 Å². The lowest BCUT2D eigenvalue weighted by Gasteiger charge is -2.38. The fraction of sp³-hybridized carbons (Fsp3) is 0.552. The molecule has 1 spiro atoms. The zero-order valence-corrected chi connectivity index (χ0v) is 45.7. The third kappa shape index (κ3) is 11.6. The average Bonchev–Trinajstić information content (AvgIpc) is 4.05. The Labute approximate surface area is 449 Å². The molecule has 77 heavy (non-hydrogen) atoms. The number of phenols is 2. The molecule has 0 aromatic heterocycles. The van der Waals surface area contributed by atoms with Crippen LogP contribution >= 0.6 is 0 Å². The number of aromatic hydroxyl groups is 2. The zero-order valence-electron chi connectivity index (χ0n) is 45.7. The highest BCUT2D eigenvalue weighted by Gasteiger charge is 2.51.